The van der Waals surface area contributed by atoms with Crippen molar-refractivity contribution in [2.45, 2.75) is 0 Å². The van der Waals surface area contributed by atoms with Crippen LogP contribution in [-0.4, -0.2) is 29.7 Å². The summed E-state index contributed by atoms with van der Waals surface area (Å²) in [6, 6.07) is 7.82. The first-order chi connectivity index (χ1) is 11.5. The number of carbonyl (C=O) groups is 1. The zero-order valence-electron chi connectivity index (χ0n) is 12.7. The Hall–Kier alpha value is -2.44. The van der Waals surface area contributed by atoms with Crippen molar-refractivity contribution >= 4 is 40.2 Å². The van der Waals surface area contributed by atoms with E-state index in [4.69, 9.17) is 32.7 Å². The summed E-state index contributed by atoms with van der Waals surface area (Å²) in [6.07, 6.45) is 0. The molecule has 0 unspecified atom stereocenters. The van der Waals surface area contributed by atoms with Gasteiger partial charge in [0.05, 0.1) is 36.0 Å². The molecule has 8 heteroatoms. The van der Waals surface area contributed by atoms with E-state index in [-0.39, 0.29) is 5.56 Å². The number of benzene rings is 2. The number of nitrogens with one attached hydrogen (secondary N) is 1. The van der Waals surface area contributed by atoms with Gasteiger partial charge in [-0.25, -0.2) is 9.59 Å². The Morgan fingerprint density at radius 2 is 1.92 bits per heavy atom. The van der Waals surface area contributed by atoms with Crippen LogP contribution in [0.2, 0.25) is 10.0 Å². The third kappa shape index (κ3) is 2.64. The minimum atomic E-state index is -0.534. The number of halogens is 2. The van der Waals surface area contributed by atoms with Gasteiger partial charge in [0, 0.05) is 5.02 Å². The van der Waals surface area contributed by atoms with Gasteiger partial charge in [-0.05, 0) is 30.3 Å². The van der Waals surface area contributed by atoms with Crippen LogP contribution in [0.4, 0.5) is 0 Å². The summed E-state index contributed by atoms with van der Waals surface area (Å²) in [6.45, 7) is 0. The van der Waals surface area contributed by atoms with E-state index in [1.807, 2.05) is 0 Å². The molecule has 2 aromatic carbocycles. The second-order valence-corrected chi connectivity index (χ2v) is 5.77. The number of methoxy groups -OCH3 is 2. The quantitative estimate of drug-likeness (QED) is 0.720. The molecule has 0 amide bonds. The highest BCUT2D eigenvalue weighted by molar-refractivity contribution is 6.35. The highest BCUT2D eigenvalue weighted by Gasteiger charge is 2.19. The van der Waals surface area contributed by atoms with E-state index in [1.54, 1.807) is 18.2 Å². The van der Waals surface area contributed by atoms with Crippen molar-refractivity contribution in [3.05, 3.63) is 56.4 Å². The predicted molar refractivity (Wildman–Crippen MR) is 91.8 cm³/mol. The molecule has 6 nitrogen and oxygen atoms in total. The number of ether oxygens (including phenoxy) is 2. The SMILES string of the molecule is COC(=O)c1cc(OC)c2c(c1)[nH]c(=O)n2-c1ccc(Cl)cc1Cl. The first kappa shape index (κ1) is 16.4. The number of hydrogen-bond acceptors (Lipinski definition) is 4. The van der Waals surface area contributed by atoms with E-state index in [2.05, 4.69) is 4.98 Å². The Morgan fingerprint density at radius 3 is 2.54 bits per heavy atom. The number of nitrogens with zero attached hydrogens (tertiary/aromatic N) is 1. The molecule has 1 N–H and O–H groups in total. The number of esters is 1. The number of imidazole rings is 1. The molecule has 24 heavy (non-hydrogen) atoms. The second-order valence-electron chi connectivity index (χ2n) is 4.93. The number of H-pyrrole nitrogens is 1. The number of aromatic amines is 1. The molecule has 0 saturated carbocycles. The molecular formula is C16H12Cl2N2O4. The van der Waals surface area contributed by atoms with Crippen molar-refractivity contribution in [2.24, 2.45) is 0 Å². The van der Waals surface area contributed by atoms with Gasteiger partial charge in [-0.3, -0.25) is 4.57 Å². The molecule has 1 aromatic heterocycles. The molecule has 1 heterocycles. The number of fused-ring (bicyclic) bond motifs is 1. The Kier molecular flexibility index (Phi) is 4.26. The Morgan fingerprint density at radius 1 is 1.17 bits per heavy atom. The van der Waals surface area contributed by atoms with Gasteiger partial charge in [-0.2, -0.15) is 0 Å². The standard InChI is InChI=1S/C16H12Cl2N2O4/c1-23-13-6-8(15(21)24-2)5-11-14(13)20(16(22)19-11)12-4-3-9(17)7-10(12)18/h3-7H,1-2H3,(H,19,22). The highest BCUT2D eigenvalue weighted by Crippen LogP contribution is 2.31. The van der Waals surface area contributed by atoms with Gasteiger partial charge in [0.1, 0.15) is 11.3 Å². The van der Waals surface area contributed by atoms with Crippen LogP contribution in [0.5, 0.6) is 5.75 Å². The van der Waals surface area contributed by atoms with E-state index < -0.39 is 11.7 Å². The van der Waals surface area contributed by atoms with Gasteiger partial charge < -0.3 is 14.5 Å². The van der Waals surface area contributed by atoms with Crippen molar-refractivity contribution in [3.8, 4) is 11.4 Å². The second kappa shape index (κ2) is 6.22. The number of hydrogen-bond donors (Lipinski definition) is 1. The van der Waals surface area contributed by atoms with Crippen molar-refractivity contribution in [1.82, 2.24) is 9.55 Å². The average Bonchev–Trinajstić information content (AvgIpc) is 2.89. The van der Waals surface area contributed by atoms with E-state index in [9.17, 15) is 9.59 Å². The molecule has 0 atom stereocenters. The lowest BCUT2D eigenvalue weighted by atomic mass is 10.1. The van der Waals surface area contributed by atoms with Crippen LogP contribution in [0, 0.1) is 0 Å². The molecule has 0 radical (unpaired) electrons. The minimum absolute atomic E-state index is 0.262. The van der Waals surface area contributed by atoms with Crippen LogP contribution >= 0.6 is 23.2 Å². The number of rotatable bonds is 3. The summed E-state index contributed by atoms with van der Waals surface area (Å²) in [7, 11) is 2.72. The lowest BCUT2D eigenvalue weighted by molar-refractivity contribution is 0.0600. The lowest BCUT2D eigenvalue weighted by Crippen LogP contribution is -2.15. The van der Waals surface area contributed by atoms with Gasteiger partial charge in [0.25, 0.3) is 0 Å². The molecule has 0 fully saturated rings. The summed E-state index contributed by atoms with van der Waals surface area (Å²) in [5, 5.41) is 0.765. The maximum absolute atomic E-state index is 12.4. The van der Waals surface area contributed by atoms with Crippen molar-refractivity contribution < 1.29 is 14.3 Å². The fraction of sp³-hybridized carbons (Fsp3) is 0.125. The summed E-state index contributed by atoms with van der Waals surface area (Å²) in [5.74, 6) is -0.203. The van der Waals surface area contributed by atoms with Gasteiger partial charge in [-0.15, -0.1) is 0 Å². The van der Waals surface area contributed by atoms with Crippen LogP contribution < -0.4 is 10.4 Å². The molecule has 0 spiro atoms. The zero-order chi connectivity index (χ0) is 17.4. The van der Waals surface area contributed by atoms with E-state index in [1.165, 1.54) is 30.9 Å². The smallest absolute Gasteiger partial charge is 0.338 e. The normalized spacial score (nSPS) is 10.8. The fourth-order valence-electron chi connectivity index (χ4n) is 2.49. The third-order valence-electron chi connectivity index (χ3n) is 3.53. The first-order valence-corrected chi connectivity index (χ1v) is 7.58. The third-order valence-corrected chi connectivity index (χ3v) is 4.07. The molecule has 0 aliphatic carbocycles. The number of carbonyl (C=O) groups excluding carboxylic acids is 1. The molecule has 124 valence electrons. The van der Waals surface area contributed by atoms with Crippen LogP contribution in [0.25, 0.3) is 16.7 Å². The van der Waals surface area contributed by atoms with Crippen molar-refractivity contribution in [1.29, 1.82) is 0 Å². The van der Waals surface area contributed by atoms with Gasteiger partial charge in [0.2, 0.25) is 0 Å². The van der Waals surface area contributed by atoms with Crippen LogP contribution in [-0.2, 0) is 4.74 Å². The first-order valence-electron chi connectivity index (χ1n) is 6.82. The number of aromatic nitrogens is 2. The van der Waals surface area contributed by atoms with Crippen LogP contribution in [0.1, 0.15) is 10.4 Å². The monoisotopic (exact) mass is 366 g/mol. The maximum Gasteiger partial charge on any atom is 0.338 e. The fourth-order valence-corrected chi connectivity index (χ4v) is 2.98. The van der Waals surface area contributed by atoms with Crippen molar-refractivity contribution in [3.63, 3.8) is 0 Å². The molecule has 3 aromatic rings. The van der Waals surface area contributed by atoms with Gasteiger partial charge in [-0.1, -0.05) is 23.2 Å². The van der Waals surface area contributed by atoms with Crippen molar-refractivity contribution in [2.75, 3.05) is 14.2 Å². The lowest BCUT2D eigenvalue weighted by Gasteiger charge is -2.10. The van der Waals surface area contributed by atoms with Crippen LogP contribution in [0.3, 0.4) is 0 Å². The van der Waals surface area contributed by atoms with E-state index in [0.29, 0.717) is 32.5 Å². The largest absolute Gasteiger partial charge is 0.494 e. The van der Waals surface area contributed by atoms with Crippen LogP contribution in [0.15, 0.2) is 35.1 Å². The summed E-state index contributed by atoms with van der Waals surface area (Å²) in [5.41, 5.74) is 1.17. The molecular weight excluding hydrogens is 355 g/mol. The Balaban J connectivity index is 2.36. The van der Waals surface area contributed by atoms with E-state index in [0.717, 1.165) is 0 Å². The minimum Gasteiger partial charge on any atom is -0.494 e. The molecule has 0 aliphatic rings. The molecule has 0 bridgehead atoms. The topological polar surface area (TPSA) is 73.3 Å². The predicted octanol–water partition coefficient (Wildman–Crippen LogP) is 3.42. The molecule has 0 aliphatic heterocycles. The zero-order valence-corrected chi connectivity index (χ0v) is 14.2. The Labute approximate surface area is 146 Å². The molecule has 0 saturated heterocycles. The molecule has 3 rings (SSSR count). The summed E-state index contributed by atoms with van der Waals surface area (Å²) >= 11 is 12.1. The van der Waals surface area contributed by atoms with Gasteiger partial charge >= 0.3 is 11.7 Å². The van der Waals surface area contributed by atoms with E-state index >= 15 is 0 Å². The average molecular weight is 367 g/mol. The highest BCUT2D eigenvalue weighted by atomic mass is 35.5. The summed E-state index contributed by atoms with van der Waals surface area (Å²) in [4.78, 5) is 26.9. The maximum atomic E-state index is 12.4. The Bertz CT molecular complexity index is 1010. The summed E-state index contributed by atoms with van der Waals surface area (Å²) < 4.78 is 11.4. The van der Waals surface area contributed by atoms with Gasteiger partial charge in [0.15, 0.2) is 0 Å².